The van der Waals surface area contributed by atoms with E-state index in [-0.39, 0.29) is 11.1 Å². The maximum absolute atomic E-state index is 12.9. The Labute approximate surface area is 164 Å². The van der Waals surface area contributed by atoms with Crippen LogP contribution in [0.1, 0.15) is 16.5 Å². The number of carbonyl (C=O) groups excluding carboxylic acids is 1. The Morgan fingerprint density at radius 2 is 1.82 bits per heavy atom. The Bertz CT molecular complexity index is 838. The van der Waals surface area contributed by atoms with E-state index in [1.54, 1.807) is 36.9 Å². The standard InChI is InChI=1S/C19H19F3N2O3S/c1-26-15-8-12(9-16(11-15)27-2)17-24(6-7-28-17)18(25)23-14-5-3-4-13(10-14)19(20,21)22/h3-5,8-11,17H,6-7H2,1-2H3,(H,23,25)/t17-/m1/s1. The van der Waals surface area contributed by atoms with E-state index in [9.17, 15) is 18.0 Å². The summed E-state index contributed by atoms with van der Waals surface area (Å²) in [6, 6.07) is 9.48. The largest absolute Gasteiger partial charge is 0.497 e. The van der Waals surface area contributed by atoms with Gasteiger partial charge < -0.3 is 19.7 Å². The number of methoxy groups -OCH3 is 2. The number of halogens is 3. The Morgan fingerprint density at radius 3 is 2.43 bits per heavy atom. The van der Waals surface area contributed by atoms with Gasteiger partial charge >= 0.3 is 12.2 Å². The molecule has 0 aromatic heterocycles. The van der Waals surface area contributed by atoms with Gasteiger partial charge in [0.1, 0.15) is 16.9 Å². The molecule has 5 nitrogen and oxygen atoms in total. The maximum Gasteiger partial charge on any atom is 0.416 e. The van der Waals surface area contributed by atoms with Crippen LogP contribution in [0, 0.1) is 0 Å². The summed E-state index contributed by atoms with van der Waals surface area (Å²) in [5.74, 6) is 1.90. The van der Waals surface area contributed by atoms with Crippen LogP contribution in [0.4, 0.5) is 23.7 Å². The van der Waals surface area contributed by atoms with Crippen LogP contribution < -0.4 is 14.8 Å². The first-order valence-corrected chi connectivity index (χ1v) is 9.46. The molecule has 1 atom stereocenters. The Hall–Kier alpha value is -2.55. The fourth-order valence-corrected chi connectivity index (χ4v) is 4.13. The SMILES string of the molecule is COc1cc(OC)cc([C@H]2SCCN2C(=O)Nc2cccc(C(F)(F)F)c2)c1. The van der Waals surface area contributed by atoms with Crippen LogP contribution in [0.2, 0.25) is 0 Å². The van der Waals surface area contributed by atoms with Gasteiger partial charge in [-0.1, -0.05) is 6.07 Å². The van der Waals surface area contributed by atoms with Gasteiger partial charge in [-0.05, 0) is 35.9 Å². The minimum absolute atomic E-state index is 0.0960. The van der Waals surface area contributed by atoms with Crippen molar-refractivity contribution >= 4 is 23.5 Å². The molecular weight excluding hydrogens is 393 g/mol. The van der Waals surface area contributed by atoms with Crippen molar-refractivity contribution in [1.82, 2.24) is 4.90 Å². The molecule has 150 valence electrons. The van der Waals surface area contributed by atoms with Crippen molar-refractivity contribution in [3.05, 3.63) is 53.6 Å². The number of hydrogen-bond donors (Lipinski definition) is 1. The number of carbonyl (C=O) groups is 1. The van der Waals surface area contributed by atoms with Gasteiger partial charge in [0, 0.05) is 24.1 Å². The Kier molecular flexibility index (Phi) is 5.93. The van der Waals surface area contributed by atoms with E-state index < -0.39 is 17.8 Å². The second kappa shape index (κ2) is 8.22. The van der Waals surface area contributed by atoms with Crippen molar-refractivity contribution in [1.29, 1.82) is 0 Å². The first-order valence-electron chi connectivity index (χ1n) is 8.41. The van der Waals surface area contributed by atoms with Crippen LogP contribution in [0.15, 0.2) is 42.5 Å². The molecule has 1 aliphatic rings. The molecule has 0 radical (unpaired) electrons. The zero-order valence-corrected chi connectivity index (χ0v) is 16.1. The van der Waals surface area contributed by atoms with Gasteiger partial charge in [-0.2, -0.15) is 13.2 Å². The number of benzene rings is 2. The number of urea groups is 1. The van der Waals surface area contributed by atoms with E-state index in [1.165, 1.54) is 12.1 Å². The van der Waals surface area contributed by atoms with Crippen molar-refractivity contribution in [2.45, 2.75) is 11.6 Å². The second-order valence-corrected chi connectivity index (χ2v) is 7.26. The lowest BCUT2D eigenvalue weighted by molar-refractivity contribution is -0.137. The van der Waals surface area contributed by atoms with Crippen LogP contribution in [-0.2, 0) is 6.18 Å². The molecule has 3 rings (SSSR count). The second-order valence-electron chi connectivity index (χ2n) is 6.07. The molecule has 0 spiro atoms. The minimum atomic E-state index is -4.47. The summed E-state index contributed by atoms with van der Waals surface area (Å²) < 4.78 is 49.2. The molecule has 9 heteroatoms. The third-order valence-corrected chi connectivity index (χ3v) is 5.51. The molecule has 0 saturated carbocycles. The number of thioether (sulfide) groups is 1. The number of hydrogen-bond acceptors (Lipinski definition) is 4. The number of alkyl halides is 3. The average molecular weight is 412 g/mol. The predicted octanol–water partition coefficient (Wildman–Crippen LogP) is 5.00. The zero-order chi connectivity index (χ0) is 20.3. The molecule has 2 aromatic rings. The summed E-state index contributed by atoms with van der Waals surface area (Å²) in [5, 5.41) is 2.27. The fourth-order valence-electron chi connectivity index (χ4n) is 2.89. The molecule has 0 aliphatic carbocycles. The number of nitrogens with zero attached hydrogens (tertiary/aromatic N) is 1. The van der Waals surface area contributed by atoms with Gasteiger partial charge in [-0.15, -0.1) is 11.8 Å². The van der Waals surface area contributed by atoms with Gasteiger partial charge in [0.05, 0.1) is 19.8 Å². The molecule has 2 aromatic carbocycles. The van der Waals surface area contributed by atoms with E-state index >= 15 is 0 Å². The molecule has 0 unspecified atom stereocenters. The van der Waals surface area contributed by atoms with E-state index in [0.29, 0.717) is 23.8 Å². The third-order valence-electron chi connectivity index (χ3n) is 4.25. The van der Waals surface area contributed by atoms with Gasteiger partial charge in [0.25, 0.3) is 0 Å². The quantitative estimate of drug-likeness (QED) is 0.768. The summed E-state index contributed by atoms with van der Waals surface area (Å²) in [7, 11) is 3.08. The molecule has 2 amide bonds. The number of rotatable bonds is 4. The molecule has 0 bridgehead atoms. The van der Waals surface area contributed by atoms with Crippen LogP contribution >= 0.6 is 11.8 Å². The van der Waals surface area contributed by atoms with Gasteiger partial charge in [0.15, 0.2) is 0 Å². The summed E-state index contributed by atoms with van der Waals surface area (Å²) in [4.78, 5) is 14.3. The maximum atomic E-state index is 12.9. The lowest BCUT2D eigenvalue weighted by Gasteiger charge is -2.25. The van der Waals surface area contributed by atoms with Crippen LogP contribution in [0.25, 0.3) is 0 Å². The molecule has 1 fully saturated rings. The average Bonchev–Trinajstić information content (AvgIpc) is 3.17. The van der Waals surface area contributed by atoms with E-state index in [0.717, 1.165) is 17.7 Å². The van der Waals surface area contributed by atoms with Crippen molar-refractivity contribution in [3.8, 4) is 11.5 Å². The highest BCUT2D eigenvalue weighted by molar-refractivity contribution is 7.99. The van der Waals surface area contributed by atoms with Crippen molar-refractivity contribution in [3.63, 3.8) is 0 Å². The predicted molar refractivity (Wildman–Crippen MR) is 102 cm³/mol. The fraction of sp³-hybridized carbons (Fsp3) is 0.316. The minimum Gasteiger partial charge on any atom is -0.497 e. The zero-order valence-electron chi connectivity index (χ0n) is 15.2. The van der Waals surface area contributed by atoms with Crippen LogP contribution in [-0.4, -0.2) is 37.4 Å². The van der Waals surface area contributed by atoms with Crippen LogP contribution in [0.3, 0.4) is 0 Å². The highest BCUT2D eigenvalue weighted by Crippen LogP contribution is 2.41. The first-order chi connectivity index (χ1) is 13.3. The summed E-state index contributed by atoms with van der Waals surface area (Å²) in [6.45, 7) is 0.472. The van der Waals surface area contributed by atoms with Crippen molar-refractivity contribution in [2.75, 3.05) is 31.8 Å². The Balaban J connectivity index is 1.81. The number of amides is 2. The number of anilines is 1. The van der Waals surface area contributed by atoms with Crippen LogP contribution in [0.5, 0.6) is 11.5 Å². The molecule has 1 heterocycles. The lowest BCUT2D eigenvalue weighted by atomic mass is 10.1. The molecular formula is C19H19F3N2O3S. The Morgan fingerprint density at radius 1 is 1.14 bits per heavy atom. The number of nitrogens with one attached hydrogen (secondary N) is 1. The molecule has 28 heavy (non-hydrogen) atoms. The normalized spacial score (nSPS) is 16.8. The molecule has 1 saturated heterocycles. The van der Waals surface area contributed by atoms with E-state index in [2.05, 4.69) is 5.32 Å². The van der Waals surface area contributed by atoms with Gasteiger partial charge in [-0.25, -0.2) is 4.79 Å². The molecule has 1 N–H and O–H groups in total. The van der Waals surface area contributed by atoms with E-state index in [4.69, 9.17) is 9.47 Å². The van der Waals surface area contributed by atoms with Gasteiger partial charge in [-0.3, -0.25) is 0 Å². The first kappa shape index (κ1) is 20.2. The summed E-state index contributed by atoms with van der Waals surface area (Å²) >= 11 is 1.56. The van der Waals surface area contributed by atoms with Gasteiger partial charge in [0.2, 0.25) is 0 Å². The monoisotopic (exact) mass is 412 g/mol. The number of ether oxygens (including phenoxy) is 2. The smallest absolute Gasteiger partial charge is 0.416 e. The third kappa shape index (κ3) is 4.46. The summed E-state index contributed by atoms with van der Waals surface area (Å²) in [6.07, 6.45) is -4.47. The van der Waals surface area contributed by atoms with Crippen molar-refractivity contribution < 1.29 is 27.4 Å². The highest BCUT2D eigenvalue weighted by atomic mass is 32.2. The highest BCUT2D eigenvalue weighted by Gasteiger charge is 2.33. The molecule has 1 aliphatic heterocycles. The van der Waals surface area contributed by atoms with Crippen molar-refractivity contribution in [2.24, 2.45) is 0 Å². The topological polar surface area (TPSA) is 50.8 Å². The van der Waals surface area contributed by atoms with E-state index in [1.807, 2.05) is 12.1 Å². The lowest BCUT2D eigenvalue weighted by Crippen LogP contribution is -2.34. The summed E-state index contributed by atoms with van der Waals surface area (Å²) in [5.41, 5.74) is 0.103.